The van der Waals surface area contributed by atoms with E-state index < -0.39 is 0 Å². The van der Waals surface area contributed by atoms with Crippen LogP contribution < -0.4 is 10.1 Å². The van der Waals surface area contributed by atoms with E-state index in [2.05, 4.69) is 48.3 Å². The van der Waals surface area contributed by atoms with Crippen molar-refractivity contribution in [3.05, 3.63) is 29.8 Å². The summed E-state index contributed by atoms with van der Waals surface area (Å²) in [6.07, 6.45) is 4.07. The molecule has 2 heterocycles. The van der Waals surface area contributed by atoms with Gasteiger partial charge in [0, 0.05) is 19.0 Å². The lowest BCUT2D eigenvalue weighted by Gasteiger charge is -2.33. The van der Waals surface area contributed by atoms with Crippen molar-refractivity contribution in [3.8, 4) is 5.75 Å². The molecule has 0 amide bonds. The molecule has 3 nitrogen and oxygen atoms in total. The predicted octanol–water partition coefficient (Wildman–Crippen LogP) is 2.70. The summed E-state index contributed by atoms with van der Waals surface area (Å²) >= 11 is 0. The van der Waals surface area contributed by atoms with Crippen molar-refractivity contribution in [2.24, 2.45) is 5.92 Å². The molecular formula is C18H28N2O. The number of fused-ring (bicyclic) bond motifs is 1. The summed E-state index contributed by atoms with van der Waals surface area (Å²) in [5, 5.41) is 3.57. The van der Waals surface area contributed by atoms with Crippen molar-refractivity contribution in [2.75, 3.05) is 26.2 Å². The average molecular weight is 288 g/mol. The Labute approximate surface area is 128 Å². The van der Waals surface area contributed by atoms with E-state index in [0.717, 1.165) is 24.6 Å². The van der Waals surface area contributed by atoms with Gasteiger partial charge in [-0.15, -0.1) is 0 Å². The van der Waals surface area contributed by atoms with E-state index in [1.165, 1.54) is 38.0 Å². The van der Waals surface area contributed by atoms with Crippen LogP contribution in [0.5, 0.6) is 5.75 Å². The van der Waals surface area contributed by atoms with Crippen LogP contribution in [-0.4, -0.2) is 43.2 Å². The zero-order valence-corrected chi connectivity index (χ0v) is 13.3. The topological polar surface area (TPSA) is 24.5 Å². The van der Waals surface area contributed by atoms with Gasteiger partial charge < -0.3 is 10.1 Å². The molecule has 0 bridgehead atoms. The van der Waals surface area contributed by atoms with Gasteiger partial charge in [-0.3, -0.25) is 4.90 Å². The molecule has 1 atom stereocenters. The van der Waals surface area contributed by atoms with Crippen LogP contribution in [0, 0.1) is 5.92 Å². The number of hydrogen-bond acceptors (Lipinski definition) is 3. The third-order valence-corrected chi connectivity index (χ3v) is 4.70. The minimum atomic E-state index is 0.354. The second-order valence-electron chi connectivity index (χ2n) is 6.86. The first kappa shape index (κ1) is 14.9. The second kappa shape index (κ2) is 6.80. The van der Waals surface area contributed by atoms with Crippen LogP contribution in [0.1, 0.15) is 32.3 Å². The summed E-state index contributed by atoms with van der Waals surface area (Å²) < 4.78 is 6.06. The van der Waals surface area contributed by atoms with Gasteiger partial charge in [0.05, 0.1) is 0 Å². The molecule has 0 spiro atoms. The normalized spacial score (nSPS) is 23.3. The van der Waals surface area contributed by atoms with Gasteiger partial charge in [0.15, 0.2) is 0 Å². The number of ether oxygens (including phenoxy) is 1. The van der Waals surface area contributed by atoms with Gasteiger partial charge in [0.1, 0.15) is 11.9 Å². The summed E-state index contributed by atoms with van der Waals surface area (Å²) in [4.78, 5) is 2.59. The maximum absolute atomic E-state index is 6.06. The largest absolute Gasteiger partial charge is 0.488 e. The molecule has 1 fully saturated rings. The summed E-state index contributed by atoms with van der Waals surface area (Å²) in [6, 6.07) is 9.07. The Bertz CT molecular complexity index is 427. The molecule has 1 unspecified atom stereocenters. The number of para-hydroxylation sites is 1. The standard InChI is InChI=1S/C18H28N2O/c1-14(2)19-12-15-7-9-20(10-8-15)13-17-11-16-5-3-4-6-18(16)21-17/h3-6,14-15,17,19H,7-13H2,1-2H3. The second-order valence-corrected chi connectivity index (χ2v) is 6.86. The van der Waals surface area contributed by atoms with Crippen LogP contribution in [0.4, 0.5) is 0 Å². The first-order chi connectivity index (χ1) is 10.2. The monoisotopic (exact) mass is 288 g/mol. The molecule has 1 aromatic carbocycles. The fourth-order valence-electron chi connectivity index (χ4n) is 3.42. The van der Waals surface area contributed by atoms with Crippen LogP contribution in [0.25, 0.3) is 0 Å². The third kappa shape index (κ3) is 3.98. The molecular weight excluding hydrogens is 260 g/mol. The predicted molar refractivity (Wildman–Crippen MR) is 86.9 cm³/mol. The SMILES string of the molecule is CC(C)NCC1CCN(CC2Cc3ccccc3O2)CC1. The highest BCUT2D eigenvalue weighted by molar-refractivity contribution is 5.37. The Hall–Kier alpha value is -1.06. The lowest BCUT2D eigenvalue weighted by molar-refractivity contribution is 0.116. The van der Waals surface area contributed by atoms with Gasteiger partial charge in [0.2, 0.25) is 0 Å². The lowest BCUT2D eigenvalue weighted by atomic mass is 9.96. The first-order valence-electron chi connectivity index (χ1n) is 8.41. The van der Waals surface area contributed by atoms with E-state index in [9.17, 15) is 0 Å². The van der Waals surface area contributed by atoms with E-state index in [1.807, 2.05) is 0 Å². The molecule has 116 valence electrons. The highest BCUT2D eigenvalue weighted by Crippen LogP contribution is 2.29. The molecule has 0 aliphatic carbocycles. The number of nitrogens with one attached hydrogen (secondary N) is 1. The van der Waals surface area contributed by atoms with Gasteiger partial charge in [-0.1, -0.05) is 32.0 Å². The van der Waals surface area contributed by atoms with Crippen molar-refractivity contribution in [1.29, 1.82) is 0 Å². The molecule has 1 N–H and O–H groups in total. The average Bonchev–Trinajstić information content (AvgIpc) is 2.88. The van der Waals surface area contributed by atoms with Crippen molar-refractivity contribution >= 4 is 0 Å². The quantitative estimate of drug-likeness (QED) is 0.901. The number of benzene rings is 1. The molecule has 1 aromatic rings. The van der Waals surface area contributed by atoms with Crippen molar-refractivity contribution in [3.63, 3.8) is 0 Å². The first-order valence-corrected chi connectivity index (χ1v) is 8.41. The Morgan fingerprint density at radius 2 is 2.00 bits per heavy atom. The van der Waals surface area contributed by atoms with Crippen LogP contribution >= 0.6 is 0 Å². The molecule has 1 saturated heterocycles. The molecule has 2 aliphatic rings. The van der Waals surface area contributed by atoms with Crippen molar-refractivity contribution in [2.45, 2.75) is 45.3 Å². The highest BCUT2D eigenvalue weighted by Gasteiger charge is 2.26. The maximum Gasteiger partial charge on any atom is 0.123 e. The minimum Gasteiger partial charge on any atom is -0.488 e. The molecule has 0 radical (unpaired) electrons. The summed E-state index contributed by atoms with van der Waals surface area (Å²) in [5.41, 5.74) is 1.37. The zero-order valence-electron chi connectivity index (χ0n) is 13.3. The third-order valence-electron chi connectivity index (χ3n) is 4.70. The van der Waals surface area contributed by atoms with Gasteiger partial charge in [-0.05, 0) is 50.0 Å². The van der Waals surface area contributed by atoms with E-state index in [-0.39, 0.29) is 0 Å². The molecule has 3 rings (SSSR count). The lowest BCUT2D eigenvalue weighted by Crippen LogP contribution is -2.42. The minimum absolute atomic E-state index is 0.354. The van der Waals surface area contributed by atoms with Crippen LogP contribution in [0.15, 0.2) is 24.3 Å². The van der Waals surface area contributed by atoms with E-state index >= 15 is 0 Å². The Balaban J connectivity index is 1.41. The Morgan fingerprint density at radius 3 is 2.71 bits per heavy atom. The number of likely N-dealkylation sites (tertiary alicyclic amines) is 1. The van der Waals surface area contributed by atoms with Gasteiger partial charge in [-0.25, -0.2) is 0 Å². The summed E-state index contributed by atoms with van der Waals surface area (Å²) in [5.74, 6) is 1.95. The van der Waals surface area contributed by atoms with Gasteiger partial charge in [0.25, 0.3) is 0 Å². The van der Waals surface area contributed by atoms with Crippen LogP contribution in [0.2, 0.25) is 0 Å². The van der Waals surface area contributed by atoms with Crippen LogP contribution in [0.3, 0.4) is 0 Å². The van der Waals surface area contributed by atoms with Crippen molar-refractivity contribution in [1.82, 2.24) is 10.2 Å². The number of nitrogens with zero attached hydrogens (tertiary/aromatic N) is 1. The van der Waals surface area contributed by atoms with Crippen molar-refractivity contribution < 1.29 is 4.74 Å². The Kier molecular flexibility index (Phi) is 4.81. The molecule has 21 heavy (non-hydrogen) atoms. The summed E-state index contributed by atoms with van der Waals surface area (Å²) in [6.45, 7) is 9.16. The molecule has 2 aliphatic heterocycles. The van der Waals surface area contributed by atoms with E-state index in [0.29, 0.717) is 12.1 Å². The zero-order chi connectivity index (χ0) is 14.7. The van der Waals surface area contributed by atoms with E-state index in [1.54, 1.807) is 0 Å². The number of piperidine rings is 1. The molecule has 3 heteroatoms. The summed E-state index contributed by atoms with van der Waals surface area (Å²) in [7, 11) is 0. The highest BCUT2D eigenvalue weighted by atomic mass is 16.5. The Morgan fingerprint density at radius 1 is 1.24 bits per heavy atom. The van der Waals surface area contributed by atoms with E-state index in [4.69, 9.17) is 4.74 Å². The maximum atomic E-state index is 6.06. The molecule has 0 saturated carbocycles. The number of rotatable bonds is 5. The van der Waals surface area contributed by atoms with Crippen LogP contribution in [-0.2, 0) is 6.42 Å². The molecule has 0 aromatic heterocycles. The fourth-order valence-corrected chi connectivity index (χ4v) is 3.42. The van der Waals surface area contributed by atoms with Gasteiger partial charge >= 0.3 is 0 Å². The van der Waals surface area contributed by atoms with Gasteiger partial charge in [-0.2, -0.15) is 0 Å². The number of hydrogen-bond donors (Lipinski definition) is 1. The smallest absolute Gasteiger partial charge is 0.123 e. The fraction of sp³-hybridized carbons (Fsp3) is 0.667.